The van der Waals surface area contributed by atoms with Gasteiger partial charge in [0.25, 0.3) is 0 Å². The van der Waals surface area contributed by atoms with E-state index in [1.165, 1.54) is 0 Å². The molecule has 1 heterocycles. The molecular formula is C12H17N3O. The number of nitrogens with one attached hydrogen (secondary N) is 2. The van der Waals surface area contributed by atoms with Crippen LogP contribution in [0.15, 0.2) is 27.8 Å². The van der Waals surface area contributed by atoms with E-state index in [1.54, 1.807) is 13.3 Å². The first-order chi connectivity index (χ1) is 7.80. The Hall–Kier alpha value is -1.89. The molecular weight excluding hydrogens is 202 g/mol. The summed E-state index contributed by atoms with van der Waals surface area (Å²) in [6, 6.07) is 3.75. The molecule has 0 saturated carbocycles. The van der Waals surface area contributed by atoms with Gasteiger partial charge in [-0.3, -0.25) is 4.99 Å². The normalized spacial score (nSPS) is 12.9. The Morgan fingerprint density at radius 3 is 3.00 bits per heavy atom. The van der Waals surface area contributed by atoms with Gasteiger partial charge >= 0.3 is 0 Å². The van der Waals surface area contributed by atoms with E-state index < -0.39 is 0 Å². The van der Waals surface area contributed by atoms with Crippen LogP contribution in [0.25, 0.3) is 0 Å². The first-order valence-electron chi connectivity index (χ1n) is 5.25. The van der Waals surface area contributed by atoms with Crippen LogP contribution in [-0.2, 0) is 6.54 Å². The summed E-state index contributed by atoms with van der Waals surface area (Å²) in [4.78, 5) is 4.08. The zero-order valence-corrected chi connectivity index (χ0v) is 9.66. The minimum Gasteiger partial charge on any atom is -0.467 e. The highest BCUT2D eigenvalue weighted by Gasteiger charge is 2.05. The van der Waals surface area contributed by atoms with Gasteiger partial charge in [0.1, 0.15) is 5.76 Å². The van der Waals surface area contributed by atoms with Crippen molar-refractivity contribution in [2.75, 3.05) is 7.05 Å². The fourth-order valence-electron chi connectivity index (χ4n) is 1.21. The van der Waals surface area contributed by atoms with E-state index in [0.717, 1.165) is 12.2 Å². The van der Waals surface area contributed by atoms with E-state index in [2.05, 4.69) is 21.5 Å². The number of nitrogens with zero attached hydrogens (tertiary/aromatic N) is 1. The molecule has 0 bridgehead atoms. The van der Waals surface area contributed by atoms with Crippen LogP contribution < -0.4 is 10.6 Å². The quantitative estimate of drug-likeness (QED) is 0.456. The van der Waals surface area contributed by atoms with E-state index in [-0.39, 0.29) is 6.04 Å². The van der Waals surface area contributed by atoms with E-state index in [4.69, 9.17) is 10.8 Å². The number of hydrogen-bond donors (Lipinski definition) is 2. The van der Waals surface area contributed by atoms with Gasteiger partial charge in [0.2, 0.25) is 0 Å². The molecule has 0 fully saturated rings. The standard InChI is InChI=1S/C12H17N3O/c1-4-10(5-2)15-12(13-3)14-9-11-7-6-8-16-11/h1,6-8,10H,5,9H2,2-3H3,(H2,13,14,15). The number of furan rings is 1. The van der Waals surface area contributed by atoms with Crippen LogP contribution in [0.2, 0.25) is 0 Å². The van der Waals surface area contributed by atoms with E-state index in [0.29, 0.717) is 12.5 Å². The van der Waals surface area contributed by atoms with Crippen molar-refractivity contribution in [2.24, 2.45) is 4.99 Å². The summed E-state index contributed by atoms with van der Waals surface area (Å²) >= 11 is 0. The van der Waals surface area contributed by atoms with Crippen molar-refractivity contribution in [1.29, 1.82) is 0 Å². The molecule has 0 amide bonds. The molecule has 0 spiro atoms. The lowest BCUT2D eigenvalue weighted by Crippen LogP contribution is -2.42. The molecule has 4 nitrogen and oxygen atoms in total. The molecule has 16 heavy (non-hydrogen) atoms. The summed E-state index contributed by atoms with van der Waals surface area (Å²) in [5.41, 5.74) is 0. The maximum absolute atomic E-state index is 5.36. The van der Waals surface area contributed by atoms with Gasteiger partial charge in [0.15, 0.2) is 5.96 Å². The molecule has 0 aliphatic carbocycles. The maximum atomic E-state index is 5.36. The van der Waals surface area contributed by atoms with E-state index >= 15 is 0 Å². The molecule has 0 aliphatic heterocycles. The van der Waals surface area contributed by atoms with Gasteiger partial charge in [-0.25, -0.2) is 0 Å². The molecule has 0 aromatic carbocycles. The zero-order valence-electron chi connectivity index (χ0n) is 9.66. The first kappa shape index (κ1) is 12.2. The minimum absolute atomic E-state index is 0.00259. The Bertz CT molecular complexity index is 362. The number of aliphatic imine (C=N–C) groups is 1. The van der Waals surface area contributed by atoms with Crippen molar-refractivity contribution in [2.45, 2.75) is 25.9 Å². The maximum Gasteiger partial charge on any atom is 0.192 e. The third-order valence-electron chi connectivity index (χ3n) is 2.15. The van der Waals surface area contributed by atoms with Crippen molar-refractivity contribution < 1.29 is 4.42 Å². The van der Waals surface area contributed by atoms with Crippen molar-refractivity contribution in [1.82, 2.24) is 10.6 Å². The van der Waals surface area contributed by atoms with E-state index in [1.807, 2.05) is 19.1 Å². The Labute approximate surface area is 96.1 Å². The predicted octanol–water partition coefficient (Wildman–Crippen LogP) is 1.36. The summed E-state index contributed by atoms with van der Waals surface area (Å²) in [6.45, 7) is 2.62. The first-order valence-corrected chi connectivity index (χ1v) is 5.25. The molecule has 1 atom stereocenters. The summed E-state index contributed by atoms with van der Waals surface area (Å²) in [5.74, 6) is 4.19. The second-order valence-corrected chi connectivity index (χ2v) is 3.28. The third kappa shape index (κ3) is 3.70. The second-order valence-electron chi connectivity index (χ2n) is 3.28. The molecule has 4 heteroatoms. The summed E-state index contributed by atoms with van der Waals surface area (Å²) in [5, 5.41) is 6.25. The second kappa shape index (κ2) is 6.57. The van der Waals surface area contributed by atoms with Crippen molar-refractivity contribution in [3.63, 3.8) is 0 Å². The summed E-state index contributed by atoms with van der Waals surface area (Å²) < 4.78 is 5.20. The van der Waals surface area contributed by atoms with Crippen LogP contribution >= 0.6 is 0 Å². The highest BCUT2D eigenvalue weighted by Crippen LogP contribution is 1.98. The van der Waals surface area contributed by atoms with Gasteiger partial charge in [0.05, 0.1) is 18.8 Å². The lowest BCUT2D eigenvalue weighted by molar-refractivity contribution is 0.500. The Morgan fingerprint density at radius 1 is 1.69 bits per heavy atom. The highest BCUT2D eigenvalue weighted by molar-refractivity contribution is 5.80. The lowest BCUT2D eigenvalue weighted by Gasteiger charge is -2.15. The molecule has 0 radical (unpaired) electrons. The highest BCUT2D eigenvalue weighted by atomic mass is 16.3. The number of guanidine groups is 1. The van der Waals surface area contributed by atoms with Crippen LogP contribution in [-0.4, -0.2) is 19.0 Å². The molecule has 1 aromatic heterocycles. The van der Waals surface area contributed by atoms with Gasteiger partial charge in [-0.2, -0.15) is 0 Å². The minimum atomic E-state index is 0.00259. The smallest absolute Gasteiger partial charge is 0.192 e. The molecule has 2 N–H and O–H groups in total. The predicted molar refractivity (Wildman–Crippen MR) is 65.0 cm³/mol. The van der Waals surface area contributed by atoms with E-state index in [9.17, 15) is 0 Å². The molecule has 0 saturated heterocycles. The molecule has 86 valence electrons. The molecule has 1 rings (SSSR count). The SMILES string of the molecule is C#CC(CC)NC(=NC)NCc1ccco1. The van der Waals surface area contributed by atoms with Crippen LogP contribution in [0.5, 0.6) is 0 Å². The Kier molecular flexibility index (Phi) is 5.00. The largest absolute Gasteiger partial charge is 0.467 e. The van der Waals surface area contributed by atoms with Crippen molar-refractivity contribution in [3.05, 3.63) is 24.2 Å². The van der Waals surface area contributed by atoms with Crippen molar-refractivity contribution in [3.8, 4) is 12.3 Å². The number of terminal acetylenes is 1. The summed E-state index contributed by atoms with van der Waals surface area (Å²) in [6.07, 6.45) is 7.86. The van der Waals surface area contributed by atoms with Crippen LogP contribution in [0.4, 0.5) is 0 Å². The lowest BCUT2D eigenvalue weighted by atomic mass is 10.2. The van der Waals surface area contributed by atoms with Gasteiger partial charge in [-0.15, -0.1) is 6.42 Å². The van der Waals surface area contributed by atoms with Gasteiger partial charge < -0.3 is 15.1 Å². The van der Waals surface area contributed by atoms with Crippen LogP contribution in [0, 0.1) is 12.3 Å². The van der Waals surface area contributed by atoms with Crippen LogP contribution in [0.1, 0.15) is 19.1 Å². The Morgan fingerprint density at radius 2 is 2.50 bits per heavy atom. The van der Waals surface area contributed by atoms with Crippen molar-refractivity contribution >= 4 is 5.96 Å². The summed E-state index contributed by atoms with van der Waals surface area (Å²) in [7, 11) is 1.71. The van der Waals surface area contributed by atoms with Gasteiger partial charge in [0, 0.05) is 7.05 Å². The van der Waals surface area contributed by atoms with Crippen LogP contribution in [0.3, 0.4) is 0 Å². The number of rotatable bonds is 4. The monoisotopic (exact) mass is 219 g/mol. The van der Waals surface area contributed by atoms with Gasteiger partial charge in [-0.05, 0) is 18.6 Å². The topological polar surface area (TPSA) is 49.6 Å². The molecule has 1 unspecified atom stereocenters. The fraction of sp³-hybridized carbons (Fsp3) is 0.417. The zero-order chi connectivity index (χ0) is 11.8. The molecule has 0 aliphatic rings. The number of hydrogen-bond acceptors (Lipinski definition) is 2. The average molecular weight is 219 g/mol. The third-order valence-corrected chi connectivity index (χ3v) is 2.15. The fourth-order valence-corrected chi connectivity index (χ4v) is 1.21. The van der Waals surface area contributed by atoms with Gasteiger partial charge in [-0.1, -0.05) is 12.8 Å². The molecule has 1 aromatic rings. The Balaban J connectivity index is 2.42. The average Bonchev–Trinajstić information content (AvgIpc) is 2.83.